The van der Waals surface area contributed by atoms with Gasteiger partial charge in [-0.2, -0.15) is 0 Å². The Bertz CT molecular complexity index is 445. The summed E-state index contributed by atoms with van der Waals surface area (Å²) in [4.78, 5) is 11.8. The molecule has 0 saturated heterocycles. The summed E-state index contributed by atoms with van der Waals surface area (Å²) in [6, 6.07) is 7.62. The number of carbonyl (C=O) groups is 1. The van der Waals surface area contributed by atoms with E-state index in [1.165, 1.54) is 0 Å². The van der Waals surface area contributed by atoms with Gasteiger partial charge in [0, 0.05) is 13.0 Å². The number of Topliss-reactive ketones (excluding diaryl/α,β-unsaturated/α-hetero) is 1. The van der Waals surface area contributed by atoms with Crippen LogP contribution >= 0.6 is 0 Å². The number of carbonyl (C=O) groups excluding carboxylic acids is 1. The van der Waals surface area contributed by atoms with E-state index in [-0.39, 0.29) is 18.3 Å². The number of ketones is 1. The molecule has 1 unspecified atom stereocenters. The summed E-state index contributed by atoms with van der Waals surface area (Å²) in [5.74, 6) is 1.24. The average Bonchev–Trinajstić information content (AvgIpc) is 2.42. The van der Waals surface area contributed by atoms with Gasteiger partial charge in [-0.3, -0.25) is 4.79 Å². The maximum atomic E-state index is 11.8. The third-order valence-corrected chi connectivity index (χ3v) is 3.36. The monoisotopic (exact) mass is 246 g/mol. The molecule has 0 spiro atoms. The lowest BCUT2D eigenvalue weighted by Gasteiger charge is -2.21. The number of hydrogen-bond donors (Lipinski definition) is 1. The van der Waals surface area contributed by atoms with Crippen LogP contribution in [-0.2, 0) is 4.79 Å². The molecule has 0 radical (unpaired) electrons. The van der Waals surface area contributed by atoms with Crippen molar-refractivity contribution in [2.45, 2.75) is 19.3 Å². The van der Waals surface area contributed by atoms with Gasteiger partial charge in [0.15, 0.2) is 5.78 Å². The third kappa shape index (κ3) is 2.99. The Morgan fingerprint density at radius 3 is 2.72 bits per heavy atom. The predicted molar refractivity (Wildman–Crippen MR) is 70.4 cm³/mol. The number of allylic oxidation sites excluding steroid dienone is 1. The number of hydrogen-bond acceptors (Lipinski definition) is 3. The molecule has 0 bridgehead atoms. The van der Waals surface area contributed by atoms with E-state index in [4.69, 9.17) is 4.74 Å². The Kier molecular flexibility index (Phi) is 4.15. The maximum Gasteiger partial charge on any atom is 0.158 e. The number of benzene rings is 1. The van der Waals surface area contributed by atoms with Crippen molar-refractivity contribution in [3.63, 3.8) is 0 Å². The summed E-state index contributed by atoms with van der Waals surface area (Å²) in [5, 5.41) is 9.17. The number of ether oxygens (including phenoxy) is 1. The Morgan fingerprint density at radius 1 is 1.39 bits per heavy atom. The lowest BCUT2D eigenvalue weighted by atomic mass is 9.84. The second-order valence-corrected chi connectivity index (χ2v) is 4.66. The van der Waals surface area contributed by atoms with Gasteiger partial charge >= 0.3 is 0 Å². The Labute approximate surface area is 107 Å². The van der Waals surface area contributed by atoms with Gasteiger partial charge in [0.1, 0.15) is 5.75 Å². The first-order valence-electron chi connectivity index (χ1n) is 6.21. The summed E-state index contributed by atoms with van der Waals surface area (Å²) in [5.41, 5.74) is 1.82. The molecule has 1 N–H and O–H groups in total. The number of methoxy groups -OCH3 is 1. The van der Waals surface area contributed by atoms with E-state index in [1.807, 2.05) is 30.3 Å². The molecule has 1 aliphatic carbocycles. The highest BCUT2D eigenvalue weighted by molar-refractivity contribution is 6.00. The first-order chi connectivity index (χ1) is 8.72. The molecule has 1 fully saturated rings. The van der Waals surface area contributed by atoms with Crippen molar-refractivity contribution >= 4 is 11.9 Å². The summed E-state index contributed by atoms with van der Waals surface area (Å²) in [7, 11) is 1.63. The molecular formula is C15H18O3. The van der Waals surface area contributed by atoms with Crippen molar-refractivity contribution in [1.29, 1.82) is 0 Å². The Balaban J connectivity index is 2.16. The number of aliphatic hydroxyl groups is 1. The van der Waals surface area contributed by atoms with Gasteiger partial charge in [-0.05, 0) is 48.1 Å². The molecule has 3 nitrogen and oxygen atoms in total. The fourth-order valence-corrected chi connectivity index (χ4v) is 2.22. The molecule has 1 aromatic carbocycles. The van der Waals surface area contributed by atoms with Crippen molar-refractivity contribution < 1.29 is 14.6 Å². The normalized spacial score (nSPS) is 22.2. The van der Waals surface area contributed by atoms with Gasteiger partial charge in [0.2, 0.25) is 0 Å². The highest BCUT2D eigenvalue weighted by Gasteiger charge is 2.22. The molecule has 0 aliphatic heterocycles. The van der Waals surface area contributed by atoms with Gasteiger partial charge in [-0.25, -0.2) is 0 Å². The lowest BCUT2D eigenvalue weighted by molar-refractivity contribution is -0.117. The summed E-state index contributed by atoms with van der Waals surface area (Å²) < 4.78 is 5.09. The van der Waals surface area contributed by atoms with Crippen LogP contribution in [0.15, 0.2) is 29.8 Å². The number of aliphatic hydroxyl groups excluding tert-OH is 1. The maximum absolute atomic E-state index is 11.8. The van der Waals surface area contributed by atoms with E-state index in [9.17, 15) is 9.90 Å². The summed E-state index contributed by atoms with van der Waals surface area (Å²) >= 11 is 0. The van der Waals surface area contributed by atoms with Crippen LogP contribution in [0.5, 0.6) is 5.75 Å². The van der Waals surface area contributed by atoms with E-state index < -0.39 is 0 Å². The molecule has 3 heteroatoms. The largest absolute Gasteiger partial charge is 0.497 e. The van der Waals surface area contributed by atoms with Crippen LogP contribution in [0.1, 0.15) is 24.8 Å². The van der Waals surface area contributed by atoms with Crippen LogP contribution in [0.3, 0.4) is 0 Å². The SMILES string of the molecule is COc1ccc(C=C2CC(CO)CCC2=O)cc1. The molecular weight excluding hydrogens is 228 g/mol. The second kappa shape index (κ2) is 5.83. The van der Waals surface area contributed by atoms with Gasteiger partial charge < -0.3 is 9.84 Å². The second-order valence-electron chi connectivity index (χ2n) is 4.66. The minimum absolute atomic E-state index is 0.160. The fourth-order valence-electron chi connectivity index (χ4n) is 2.22. The van der Waals surface area contributed by atoms with Crippen LogP contribution in [-0.4, -0.2) is 24.6 Å². The first-order valence-corrected chi connectivity index (χ1v) is 6.21. The molecule has 0 amide bonds. The van der Waals surface area contributed by atoms with Crippen molar-refractivity contribution in [2.75, 3.05) is 13.7 Å². The zero-order valence-corrected chi connectivity index (χ0v) is 10.6. The van der Waals surface area contributed by atoms with Crippen LogP contribution in [0, 0.1) is 5.92 Å². The topological polar surface area (TPSA) is 46.5 Å². The quantitative estimate of drug-likeness (QED) is 0.833. The van der Waals surface area contributed by atoms with Gasteiger partial charge in [0.25, 0.3) is 0 Å². The van der Waals surface area contributed by atoms with Crippen molar-refractivity contribution in [2.24, 2.45) is 5.92 Å². The zero-order chi connectivity index (χ0) is 13.0. The first kappa shape index (κ1) is 12.8. The van der Waals surface area contributed by atoms with Crippen molar-refractivity contribution in [3.8, 4) is 5.75 Å². The Morgan fingerprint density at radius 2 is 2.11 bits per heavy atom. The molecule has 96 valence electrons. The molecule has 1 aromatic rings. The van der Waals surface area contributed by atoms with E-state index in [0.29, 0.717) is 12.8 Å². The smallest absolute Gasteiger partial charge is 0.158 e. The van der Waals surface area contributed by atoms with E-state index in [2.05, 4.69) is 0 Å². The average molecular weight is 246 g/mol. The van der Waals surface area contributed by atoms with Gasteiger partial charge in [-0.15, -0.1) is 0 Å². The van der Waals surface area contributed by atoms with Gasteiger partial charge in [-0.1, -0.05) is 12.1 Å². The van der Waals surface area contributed by atoms with Crippen LogP contribution in [0.2, 0.25) is 0 Å². The standard InChI is InChI=1S/C15H18O3/c1-18-14-5-2-11(3-6-14)8-13-9-12(10-16)4-7-15(13)17/h2-3,5-6,8,12,16H,4,7,9-10H2,1H3. The molecule has 18 heavy (non-hydrogen) atoms. The van der Waals surface area contributed by atoms with E-state index in [1.54, 1.807) is 7.11 Å². The fraction of sp³-hybridized carbons (Fsp3) is 0.400. The van der Waals surface area contributed by atoms with Crippen molar-refractivity contribution in [3.05, 3.63) is 35.4 Å². The predicted octanol–water partition coefficient (Wildman–Crippen LogP) is 2.44. The minimum Gasteiger partial charge on any atom is -0.497 e. The highest BCUT2D eigenvalue weighted by Crippen LogP contribution is 2.27. The summed E-state index contributed by atoms with van der Waals surface area (Å²) in [6.45, 7) is 0.160. The molecule has 0 aromatic heterocycles. The minimum atomic E-state index is 0.160. The lowest BCUT2D eigenvalue weighted by Crippen LogP contribution is -2.19. The van der Waals surface area contributed by atoms with E-state index >= 15 is 0 Å². The van der Waals surface area contributed by atoms with E-state index in [0.717, 1.165) is 23.3 Å². The zero-order valence-electron chi connectivity index (χ0n) is 10.6. The number of rotatable bonds is 3. The van der Waals surface area contributed by atoms with Gasteiger partial charge in [0.05, 0.1) is 7.11 Å². The molecule has 1 aliphatic rings. The molecule has 1 saturated carbocycles. The molecule has 2 rings (SSSR count). The highest BCUT2D eigenvalue weighted by atomic mass is 16.5. The van der Waals surface area contributed by atoms with Crippen molar-refractivity contribution in [1.82, 2.24) is 0 Å². The van der Waals surface area contributed by atoms with Crippen LogP contribution in [0.25, 0.3) is 6.08 Å². The molecule has 0 heterocycles. The van der Waals surface area contributed by atoms with Crippen LogP contribution < -0.4 is 4.74 Å². The third-order valence-electron chi connectivity index (χ3n) is 3.36. The van der Waals surface area contributed by atoms with Crippen LogP contribution in [0.4, 0.5) is 0 Å². The molecule has 1 atom stereocenters. The Hall–Kier alpha value is -1.61. The summed E-state index contributed by atoms with van der Waals surface area (Å²) in [6.07, 6.45) is 3.95.